The van der Waals surface area contributed by atoms with Crippen molar-refractivity contribution in [3.05, 3.63) is 24.3 Å². The number of carbonyl (C=O) groups excluding carboxylic acids is 1. The van der Waals surface area contributed by atoms with Crippen molar-refractivity contribution in [2.75, 3.05) is 25.5 Å². The number of anilines is 1. The molecule has 2 rings (SSSR count). The van der Waals surface area contributed by atoms with E-state index in [4.69, 9.17) is 4.74 Å². The molecule has 21 heavy (non-hydrogen) atoms. The van der Waals surface area contributed by atoms with Crippen molar-refractivity contribution in [1.29, 1.82) is 0 Å². The molecule has 1 aromatic rings. The molecule has 0 saturated carbocycles. The summed E-state index contributed by atoms with van der Waals surface area (Å²) in [6.07, 6.45) is 5.17. The number of piperidine rings is 1. The van der Waals surface area contributed by atoms with Gasteiger partial charge in [-0.1, -0.05) is 13.0 Å². The van der Waals surface area contributed by atoms with Crippen molar-refractivity contribution in [2.24, 2.45) is 0 Å². The second-order valence-corrected chi connectivity index (χ2v) is 5.55. The molecule has 116 valence electrons. The Morgan fingerprint density at radius 1 is 1.43 bits per heavy atom. The summed E-state index contributed by atoms with van der Waals surface area (Å²) >= 11 is 0. The van der Waals surface area contributed by atoms with E-state index in [0.717, 1.165) is 37.2 Å². The number of nitrogens with zero attached hydrogens (tertiary/aromatic N) is 1. The van der Waals surface area contributed by atoms with Gasteiger partial charge in [-0.05, 0) is 37.8 Å². The summed E-state index contributed by atoms with van der Waals surface area (Å²) < 4.78 is 5.19. The number of ether oxygens (including phenoxy) is 1. The highest BCUT2D eigenvalue weighted by Crippen LogP contribution is 2.20. The van der Waals surface area contributed by atoms with Gasteiger partial charge in [0.15, 0.2) is 0 Å². The molecule has 0 aromatic heterocycles. The van der Waals surface area contributed by atoms with Crippen molar-refractivity contribution in [3.63, 3.8) is 0 Å². The van der Waals surface area contributed by atoms with Crippen LogP contribution in [0.3, 0.4) is 0 Å². The predicted octanol–water partition coefficient (Wildman–Crippen LogP) is 3.29. The van der Waals surface area contributed by atoms with E-state index in [-0.39, 0.29) is 5.91 Å². The van der Waals surface area contributed by atoms with Crippen LogP contribution < -0.4 is 10.1 Å². The standard InChI is InChI=1S/C17H26N2O2/c1-3-15-8-4-5-12-19(15)17(20)10-11-18-14-7-6-9-16(13-14)21-2/h6-7,9,13,15,18H,3-5,8,10-12H2,1-2H3. The first-order valence-corrected chi connectivity index (χ1v) is 7.92. The zero-order valence-electron chi connectivity index (χ0n) is 13.1. The van der Waals surface area contributed by atoms with Crippen LogP contribution in [0, 0.1) is 0 Å². The van der Waals surface area contributed by atoms with Crippen LogP contribution in [-0.2, 0) is 4.79 Å². The van der Waals surface area contributed by atoms with Crippen molar-refractivity contribution in [3.8, 4) is 5.75 Å². The third-order valence-electron chi connectivity index (χ3n) is 4.16. The smallest absolute Gasteiger partial charge is 0.224 e. The molecule has 1 saturated heterocycles. The Kier molecular flexibility index (Phi) is 5.90. The number of rotatable bonds is 6. The van der Waals surface area contributed by atoms with Crippen LogP contribution in [0.25, 0.3) is 0 Å². The van der Waals surface area contributed by atoms with Crippen molar-refractivity contribution in [2.45, 2.75) is 45.1 Å². The summed E-state index contributed by atoms with van der Waals surface area (Å²) in [6, 6.07) is 8.24. The number of hydrogen-bond donors (Lipinski definition) is 1. The number of carbonyl (C=O) groups is 1. The minimum atomic E-state index is 0.275. The molecule has 0 radical (unpaired) electrons. The molecule has 1 unspecified atom stereocenters. The number of hydrogen-bond acceptors (Lipinski definition) is 3. The average Bonchev–Trinajstić information content (AvgIpc) is 2.55. The van der Waals surface area contributed by atoms with E-state index in [1.54, 1.807) is 7.11 Å². The Balaban J connectivity index is 1.80. The Morgan fingerprint density at radius 2 is 2.29 bits per heavy atom. The highest BCUT2D eigenvalue weighted by Gasteiger charge is 2.24. The molecule has 1 atom stereocenters. The van der Waals surface area contributed by atoms with E-state index in [0.29, 0.717) is 19.0 Å². The second-order valence-electron chi connectivity index (χ2n) is 5.55. The lowest BCUT2D eigenvalue weighted by molar-refractivity contribution is -0.134. The van der Waals surface area contributed by atoms with E-state index in [1.807, 2.05) is 24.3 Å². The van der Waals surface area contributed by atoms with Crippen LogP contribution in [0.1, 0.15) is 39.0 Å². The maximum absolute atomic E-state index is 12.3. The van der Waals surface area contributed by atoms with Crippen LogP contribution >= 0.6 is 0 Å². The molecule has 0 aliphatic carbocycles. The summed E-state index contributed by atoms with van der Waals surface area (Å²) in [4.78, 5) is 14.4. The first kappa shape index (κ1) is 15.7. The van der Waals surface area contributed by atoms with Crippen LogP contribution in [0.5, 0.6) is 5.75 Å². The summed E-state index contributed by atoms with van der Waals surface area (Å²) in [6.45, 7) is 3.76. The molecular formula is C17H26N2O2. The van der Waals surface area contributed by atoms with Gasteiger partial charge in [-0.25, -0.2) is 0 Å². The fourth-order valence-electron chi connectivity index (χ4n) is 2.94. The van der Waals surface area contributed by atoms with Crippen LogP contribution in [0.2, 0.25) is 0 Å². The molecule has 1 amide bonds. The number of benzene rings is 1. The van der Waals surface area contributed by atoms with Gasteiger partial charge >= 0.3 is 0 Å². The molecule has 0 bridgehead atoms. The SMILES string of the molecule is CCC1CCCCN1C(=O)CCNc1cccc(OC)c1. The molecular weight excluding hydrogens is 264 g/mol. The van der Waals surface area contributed by atoms with Gasteiger partial charge in [0.1, 0.15) is 5.75 Å². The highest BCUT2D eigenvalue weighted by atomic mass is 16.5. The Morgan fingerprint density at radius 3 is 3.05 bits per heavy atom. The lowest BCUT2D eigenvalue weighted by Gasteiger charge is -2.35. The van der Waals surface area contributed by atoms with Gasteiger partial charge in [0.2, 0.25) is 5.91 Å². The van der Waals surface area contributed by atoms with Gasteiger partial charge in [0.25, 0.3) is 0 Å². The van der Waals surface area contributed by atoms with Gasteiger partial charge in [-0.15, -0.1) is 0 Å². The third kappa shape index (κ3) is 4.38. The van der Waals surface area contributed by atoms with Crippen molar-refractivity contribution < 1.29 is 9.53 Å². The molecule has 4 heteroatoms. The van der Waals surface area contributed by atoms with Crippen LogP contribution in [-0.4, -0.2) is 37.0 Å². The Labute approximate surface area is 127 Å². The fourth-order valence-corrected chi connectivity index (χ4v) is 2.94. The predicted molar refractivity (Wildman–Crippen MR) is 85.7 cm³/mol. The number of amides is 1. The van der Waals surface area contributed by atoms with Crippen LogP contribution in [0.15, 0.2) is 24.3 Å². The first-order chi connectivity index (χ1) is 10.2. The van der Waals surface area contributed by atoms with Crippen LogP contribution in [0.4, 0.5) is 5.69 Å². The summed E-state index contributed by atoms with van der Waals surface area (Å²) in [5.41, 5.74) is 0.993. The number of methoxy groups -OCH3 is 1. The summed E-state index contributed by atoms with van der Waals surface area (Å²) in [7, 11) is 1.66. The van der Waals surface area contributed by atoms with Gasteiger partial charge in [0, 0.05) is 37.3 Å². The van der Waals surface area contributed by atoms with Gasteiger partial charge in [-0.2, -0.15) is 0 Å². The van der Waals surface area contributed by atoms with Gasteiger partial charge in [-0.3, -0.25) is 4.79 Å². The number of nitrogens with one attached hydrogen (secondary N) is 1. The second kappa shape index (κ2) is 7.91. The molecule has 4 nitrogen and oxygen atoms in total. The molecule has 1 fully saturated rings. The summed E-state index contributed by atoms with van der Waals surface area (Å²) in [5, 5.41) is 3.29. The molecule has 1 aliphatic rings. The van der Waals surface area contributed by atoms with E-state index < -0.39 is 0 Å². The van der Waals surface area contributed by atoms with E-state index >= 15 is 0 Å². The topological polar surface area (TPSA) is 41.6 Å². The van der Waals surface area contributed by atoms with E-state index in [2.05, 4.69) is 17.1 Å². The Bertz CT molecular complexity index is 462. The van der Waals surface area contributed by atoms with E-state index in [1.165, 1.54) is 6.42 Å². The zero-order chi connectivity index (χ0) is 15.1. The largest absolute Gasteiger partial charge is 0.497 e. The third-order valence-corrected chi connectivity index (χ3v) is 4.16. The normalized spacial score (nSPS) is 18.4. The molecule has 1 heterocycles. The summed E-state index contributed by atoms with van der Waals surface area (Å²) in [5.74, 6) is 1.10. The zero-order valence-corrected chi connectivity index (χ0v) is 13.1. The van der Waals surface area contributed by atoms with E-state index in [9.17, 15) is 4.79 Å². The molecule has 1 aromatic carbocycles. The molecule has 0 spiro atoms. The maximum Gasteiger partial charge on any atom is 0.224 e. The maximum atomic E-state index is 12.3. The van der Waals surface area contributed by atoms with Gasteiger partial charge in [0.05, 0.1) is 7.11 Å². The first-order valence-electron chi connectivity index (χ1n) is 7.92. The fraction of sp³-hybridized carbons (Fsp3) is 0.588. The lowest BCUT2D eigenvalue weighted by atomic mass is 9.99. The quantitative estimate of drug-likeness (QED) is 0.874. The van der Waals surface area contributed by atoms with Crippen molar-refractivity contribution >= 4 is 11.6 Å². The number of likely N-dealkylation sites (tertiary alicyclic amines) is 1. The monoisotopic (exact) mass is 290 g/mol. The van der Waals surface area contributed by atoms with Crippen molar-refractivity contribution in [1.82, 2.24) is 4.90 Å². The minimum absolute atomic E-state index is 0.275. The molecule has 1 N–H and O–H groups in total. The minimum Gasteiger partial charge on any atom is -0.497 e. The Hall–Kier alpha value is -1.71. The highest BCUT2D eigenvalue weighted by molar-refractivity contribution is 5.77. The average molecular weight is 290 g/mol. The lowest BCUT2D eigenvalue weighted by Crippen LogP contribution is -2.43. The van der Waals surface area contributed by atoms with Gasteiger partial charge < -0.3 is 15.0 Å². The molecule has 1 aliphatic heterocycles.